The maximum Gasteiger partial charge on any atom is 0.481 e. The van der Waals surface area contributed by atoms with Gasteiger partial charge in [-0.25, -0.2) is 0 Å². The van der Waals surface area contributed by atoms with Gasteiger partial charge in [0.1, 0.15) is 24.2 Å². The Balaban J connectivity index is 1.11. The molecule has 16 nitrogen and oxygen atoms in total. The van der Waals surface area contributed by atoms with Crippen LogP contribution >= 0.6 is 0 Å². The summed E-state index contributed by atoms with van der Waals surface area (Å²) in [6, 6.07) is 10.6. The predicted octanol–water partition coefficient (Wildman–Crippen LogP) is 0.422. The maximum atomic E-state index is 13.4. The van der Waals surface area contributed by atoms with Crippen LogP contribution in [-0.4, -0.2) is 109 Å². The van der Waals surface area contributed by atoms with Crippen LogP contribution in [0.4, 0.5) is 0 Å². The van der Waals surface area contributed by atoms with Gasteiger partial charge in [0.2, 0.25) is 23.6 Å². The van der Waals surface area contributed by atoms with E-state index in [4.69, 9.17) is 26.5 Å². The van der Waals surface area contributed by atoms with E-state index in [2.05, 4.69) is 57.8 Å². The zero-order valence-electron chi connectivity index (χ0n) is 34.9. The molecule has 17 heteroatoms. The molecular weight excluding hydrogens is 755 g/mol. The van der Waals surface area contributed by atoms with Crippen LogP contribution in [0.5, 0.6) is 0 Å². The number of aliphatic hydroxyl groups is 1. The first-order valence-corrected chi connectivity index (χ1v) is 20.9. The number of unbranched alkanes of at least 4 members (excludes halogenated alkanes) is 1. The molecule has 0 aromatic heterocycles. The van der Waals surface area contributed by atoms with Crippen molar-refractivity contribution in [1.82, 2.24) is 26.6 Å². The molecule has 4 fully saturated rings. The van der Waals surface area contributed by atoms with Crippen molar-refractivity contribution in [2.24, 2.45) is 29.0 Å². The Hall–Kier alpha value is -4.39. The lowest BCUT2D eigenvalue weighted by Crippen LogP contribution is -2.73. The SMILES string of the molecule is CCCCc1ccc(-c2ccc(C(=O)N[C@@H](CCN)C(=O)N[C@@H](CCN)C(=O)N[C@@H](C)C(=O)N[C@@H](CO)C(=O)N[C@@H](C)B3OC4C[C@@H]5C[C@@H](C5(C)N)[C@]4(C)O3)cc2)cc1. The van der Waals surface area contributed by atoms with Crippen LogP contribution in [-0.2, 0) is 34.9 Å². The van der Waals surface area contributed by atoms with Crippen molar-refractivity contribution in [2.75, 3.05) is 19.7 Å². The smallest absolute Gasteiger partial charge is 0.404 e. The number of aliphatic hydroxyl groups excluding tert-OH is 1. The van der Waals surface area contributed by atoms with Gasteiger partial charge in [0.15, 0.2) is 0 Å². The zero-order chi connectivity index (χ0) is 43.1. The Morgan fingerprint density at radius 3 is 1.93 bits per heavy atom. The van der Waals surface area contributed by atoms with Gasteiger partial charge in [-0.1, -0.05) is 49.7 Å². The summed E-state index contributed by atoms with van der Waals surface area (Å²) < 4.78 is 12.6. The Bertz CT molecular complexity index is 1800. The molecule has 2 aromatic carbocycles. The van der Waals surface area contributed by atoms with E-state index in [0.29, 0.717) is 11.5 Å². The Labute approximate surface area is 347 Å². The number of nitrogens with one attached hydrogen (secondary N) is 5. The van der Waals surface area contributed by atoms with E-state index in [9.17, 15) is 29.1 Å². The molecule has 2 unspecified atom stereocenters. The van der Waals surface area contributed by atoms with Crippen molar-refractivity contribution in [3.63, 3.8) is 0 Å². The van der Waals surface area contributed by atoms with E-state index in [1.807, 2.05) is 26.0 Å². The topological polar surface area (TPSA) is 262 Å². The summed E-state index contributed by atoms with van der Waals surface area (Å²) in [6.45, 7) is 8.69. The van der Waals surface area contributed by atoms with Gasteiger partial charge in [-0.05, 0) is 114 Å². The maximum absolute atomic E-state index is 13.4. The summed E-state index contributed by atoms with van der Waals surface area (Å²) in [4.78, 5) is 66.4. The normalized spacial score (nSPS) is 25.6. The predicted molar refractivity (Wildman–Crippen MR) is 224 cm³/mol. The number of aryl methyl sites for hydroxylation is 1. The second-order valence-electron chi connectivity index (χ2n) is 16.8. The number of hydrogen-bond donors (Lipinski definition) is 9. The quantitative estimate of drug-likeness (QED) is 0.0828. The number of carbonyl (C=O) groups is 5. The van der Waals surface area contributed by atoms with Gasteiger partial charge in [-0.3, -0.25) is 24.0 Å². The fraction of sp³-hybridized carbons (Fsp3) is 0.595. The Morgan fingerprint density at radius 1 is 0.797 bits per heavy atom. The highest BCUT2D eigenvalue weighted by molar-refractivity contribution is 6.47. The molecule has 1 aliphatic heterocycles. The fourth-order valence-electron chi connectivity index (χ4n) is 8.55. The van der Waals surface area contributed by atoms with Crippen molar-refractivity contribution < 1.29 is 38.4 Å². The van der Waals surface area contributed by atoms with E-state index in [1.54, 1.807) is 19.1 Å². The van der Waals surface area contributed by atoms with Crippen LogP contribution < -0.4 is 43.8 Å². The summed E-state index contributed by atoms with van der Waals surface area (Å²) in [5, 5.41) is 23.2. The van der Waals surface area contributed by atoms with Gasteiger partial charge in [-0.2, -0.15) is 0 Å². The van der Waals surface area contributed by atoms with Crippen LogP contribution in [0, 0.1) is 11.8 Å². The summed E-state index contributed by atoms with van der Waals surface area (Å²) >= 11 is 0. The second kappa shape index (κ2) is 19.8. The molecule has 5 amide bonds. The van der Waals surface area contributed by atoms with Crippen molar-refractivity contribution in [3.8, 4) is 11.1 Å². The first-order chi connectivity index (χ1) is 28.1. The third kappa shape index (κ3) is 10.5. The van der Waals surface area contributed by atoms with Crippen LogP contribution in [0.1, 0.15) is 89.1 Å². The molecular formula is C42H63BN8O8. The highest BCUT2D eigenvalue weighted by Crippen LogP contribution is 2.60. The van der Waals surface area contributed by atoms with E-state index in [1.165, 1.54) is 12.5 Å². The van der Waals surface area contributed by atoms with Crippen molar-refractivity contribution in [1.29, 1.82) is 0 Å². The fourth-order valence-corrected chi connectivity index (χ4v) is 8.55. The van der Waals surface area contributed by atoms with Crippen LogP contribution in [0.3, 0.4) is 0 Å². The van der Waals surface area contributed by atoms with Gasteiger partial charge in [0.25, 0.3) is 5.91 Å². The minimum absolute atomic E-state index is 0.0205. The minimum Gasteiger partial charge on any atom is -0.404 e. The van der Waals surface area contributed by atoms with E-state index < -0.39 is 79.0 Å². The molecule has 3 aliphatic carbocycles. The number of carbonyl (C=O) groups excluding carboxylic acids is 5. The summed E-state index contributed by atoms with van der Waals surface area (Å²) in [5.41, 5.74) is 20.8. The monoisotopic (exact) mass is 818 g/mol. The average Bonchev–Trinajstić information content (AvgIpc) is 3.59. The number of nitrogens with two attached hydrogens (primary N) is 3. The first kappa shape index (κ1) is 45.7. The number of amides is 5. The Kier molecular flexibility index (Phi) is 15.3. The number of benzene rings is 2. The summed E-state index contributed by atoms with van der Waals surface area (Å²) in [6.07, 6.45) is 4.97. The van der Waals surface area contributed by atoms with E-state index in [0.717, 1.165) is 43.2 Å². The molecule has 0 spiro atoms. The number of hydrogen-bond acceptors (Lipinski definition) is 11. The Morgan fingerprint density at radius 2 is 1.36 bits per heavy atom. The van der Waals surface area contributed by atoms with Gasteiger partial charge < -0.3 is 58.2 Å². The molecule has 6 rings (SSSR count). The molecule has 2 bridgehead atoms. The molecule has 1 heterocycles. The number of rotatable bonds is 20. The lowest BCUT2D eigenvalue weighted by Gasteiger charge is -2.64. The van der Waals surface area contributed by atoms with Crippen molar-refractivity contribution >= 4 is 36.7 Å². The molecule has 0 radical (unpaired) electrons. The highest BCUT2D eigenvalue weighted by Gasteiger charge is 2.69. The standard InChI is InChI=1S/C42H63BN8O8/c1-6-7-8-26-9-11-27(12-10-26)28-13-15-29(16-14-28)37(54)49-32(18-20-45)39(56)50-31(17-19-44)38(55)47-24(2)36(53)51-33(23-52)40(57)48-25(3)43-58-35-22-30-21-34(41(30,4)46)42(35,5)59-43/h9-16,24-25,30-35,52H,6-8,17-23,44-46H2,1-5H3,(H,47,55)(H,48,57)(H,49,54)(H,50,56)(H,51,53)/t24-,25-,30-,31-,32-,33-,34-,35?,41?,42-/m0/s1. The third-order valence-corrected chi connectivity index (χ3v) is 12.4. The van der Waals surface area contributed by atoms with E-state index >= 15 is 0 Å². The average molecular weight is 819 g/mol. The van der Waals surface area contributed by atoms with Crippen molar-refractivity contribution in [2.45, 2.75) is 127 Å². The van der Waals surface area contributed by atoms with Crippen LogP contribution in [0.25, 0.3) is 11.1 Å². The highest BCUT2D eigenvalue weighted by atomic mass is 16.7. The lowest BCUT2D eigenvalue weighted by molar-refractivity contribution is -0.164. The molecule has 1 saturated heterocycles. The van der Waals surface area contributed by atoms with Crippen LogP contribution in [0.2, 0.25) is 0 Å². The molecule has 59 heavy (non-hydrogen) atoms. The third-order valence-electron chi connectivity index (χ3n) is 12.4. The van der Waals surface area contributed by atoms with Gasteiger partial charge in [-0.15, -0.1) is 0 Å². The van der Waals surface area contributed by atoms with E-state index in [-0.39, 0.29) is 43.5 Å². The minimum atomic E-state index is -1.35. The largest absolute Gasteiger partial charge is 0.481 e. The molecule has 3 saturated carbocycles. The second-order valence-corrected chi connectivity index (χ2v) is 16.8. The van der Waals surface area contributed by atoms with Gasteiger partial charge in [0, 0.05) is 17.0 Å². The van der Waals surface area contributed by atoms with Crippen molar-refractivity contribution in [3.05, 3.63) is 59.7 Å². The van der Waals surface area contributed by atoms with Gasteiger partial charge >= 0.3 is 7.12 Å². The summed E-state index contributed by atoms with van der Waals surface area (Å²) in [5.74, 6) is -3.44. The molecule has 12 N–H and O–H groups in total. The summed E-state index contributed by atoms with van der Waals surface area (Å²) in [7, 11) is -0.750. The molecule has 322 valence electrons. The molecule has 4 aliphatic rings. The zero-order valence-corrected chi connectivity index (χ0v) is 34.9. The lowest BCUT2D eigenvalue weighted by atomic mass is 9.47. The van der Waals surface area contributed by atoms with Gasteiger partial charge in [0.05, 0.1) is 24.3 Å². The molecule has 10 atom stereocenters. The van der Waals surface area contributed by atoms with Crippen LogP contribution in [0.15, 0.2) is 48.5 Å². The first-order valence-electron chi connectivity index (χ1n) is 20.9. The molecule has 2 aromatic rings.